The van der Waals surface area contributed by atoms with Gasteiger partial charge >= 0.3 is 0 Å². The van der Waals surface area contributed by atoms with Crippen molar-refractivity contribution in [3.05, 3.63) is 72.4 Å². The number of fused-ring (bicyclic) bond motifs is 1. The van der Waals surface area contributed by atoms with Crippen molar-refractivity contribution in [2.24, 2.45) is 0 Å². The summed E-state index contributed by atoms with van der Waals surface area (Å²) in [7, 11) is 0. The zero-order chi connectivity index (χ0) is 19.5. The monoisotopic (exact) mass is 389 g/mol. The molecular weight excluding hydrogens is 370 g/mol. The van der Waals surface area contributed by atoms with Gasteiger partial charge in [0, 0.05) is 23.1 Å². The van der Waals surface area contributed by atoms with Crippen LogP contribution in [0, 0.1) is 6.92 Å². The molecule has 0 bridgehead atoms. The largest absolute Gasteiger partial charge is 0.326 e. The molecule has 4 aromatic rings. The smallest absolute Gasteiger partial charge is 0.222 e. The Morgan fingerprint density at radius 2 is 1.89 bits per heavy atom. The third-order valence-electron chi connectivity index (χ3n) is 4.09. The number of amides is 1. The van der Waals surface area contributed by atoms with Crippen molar-refractivity contribution in [2.45, 2.75) is 18.7 Å². The van der Waals surface area contributed by atoms with Crippen LogP contribution in [0.25, 0.3) is 16.9 Å². The van der Waals surface area contributed by atoms with E-state index in [1.807, 2.05) is 30.3 Å². The highest BCUT2D eigenvalue weighted by Gasteiger charge is 2.07. The van der Waals surface area contributed by atoms with E-state index in [9.17, 15) is 4.79 Å². The Balaban J connectivity index is 1.54. The van der Waals surface area contributed by atoms with Gasteiger partial charge in [0.15, 0.2) is 11.5 Å². The highest BCUT2D eigenvalue weighted by Crippen LogP contribution is 2.26. The fourth-order valence-electron chi connectivity index (χ4n) is 2.74. The lowest BCUT2D eigenvalue weighted by Gasteiger charge is -2.08. The summed E-state index contributed by atoms with van der Waals surface area (Å²) in [6.07, 6.45) is 1.70. The molecule has 0 saturated heterocycles. The highest BCUT2D eigenvalue weighted by molar-refractivity contribution is 8.00. The molecule has 0 aliphatic heterocycles. The summed E-state index contributed by atoms with van der Waals surface area (Å²) in [5.41, 5.74) is 4.73. The lowest BCUT2D eigenvalue weighted by Crippen LogP contribution is -2.05. The molecule has 2 N–H and O–H groups in total. The van der Waals surface area contributed by atoms with Gasteiger partial charge in [-0.3, -0.25) is 4.79 Å². The Kier molecular flexibility index (Phi) is 4.99. The second-order valence-electron chi connectivity index (χ2n) is 6.43. The minimum atomic E-state index is -0.159. The number of nitrogens with zero attached hydrogens (tertiary/aromatic N) is 3. The van der Waals surface area contributed by atoms with E-state index >= 15 is 0 Å². The molecule has 4 rings (SSSR count). The number of aromatic nitrogens is 3. The minimum Gasteiger partial charge on any atom is -0.326 e. The maximum absolute atomic E-state index is 11.2. The predicted octanol–water partition coefficient (Wildman–Crippen LogP) is 4.78. The predicted molar refractivity (Wildman–Crippen MR) is 113 cm³/mol. The highest BCUT2D eigenvalue weighted by atomic mass is 32.2. The molecule has 0 radical (unpaired) electrons. The van der Waals surface area contributed by atoms with Crippen LogP contribution < -0.4 is 10.0 Å². The van der Waals surface area contributed by atoms with Gasteiger partial charge in [0.05, 0.1) is 11.9 Å². The zero-order valence-corrected chi connectivity index (χ0v) is 16.3. The molecule has 2 aromatic heterocycles. The summed E-state index contributed by atoms with van der Waals surface area (Å²) in [6, 6.07) is 20.3. The fourth-order valence-corrected chi connectivity index (χ4v) is 3.38. The average Bonchev–Trinajstić information content (AvgIpc) is 3.08. The van der Waals surface area contributed by atoms with Gasteiger partial charge in [0.25, 0.3) is 0 Å². The molecule has 1 amide bonds. The first-order valence-electron chi connectivity index (χ1n) is 8.81. The molecule has 6 nitrogen and oxygen atoms in total. The van der Waals surface area contributed by atoms with Gasteiger partial charge in [-0.05, 0) is 55.3 Å². The van der Waals surface area contributed by atoms with Gasteiger partial charge in [-0.2, -0.15) is 5.10 Å². The van der Waals surface area contributed by atoms with Crippen LogP contribution >= 0.6 is 11.9 Å². The summed E-state index contributed by atoms with van der Waals surface area (Å²) < 4.78 is 5.04. The number of carbonyl (C=O) groups excluding carboxylic acids is 1. The molecule has 0 aliphatic carbocycles. The molecule has 7 heteroatoms. The third kappa shape index (κ3) is 4.15. The van der Waals surface area contributed by atoms with Crippen LogP contribution in [0.2, 0.25) is 0 Å². The molecule has 0 spiro atoms. The van der Waals surface area contributed by atoms with Crippen molar-refractivity contribution >= 4 is 35.0 Å². The number of hydrogen-bond donors (Lipinski definition) is 2. The minimum absolute atomic E-state index is 0.159. The number of aryl methyl sites for hydroxylation is 1. The maximum atomic E-state index is 11.2. The third-order valence-corrected chi connectivity index (χ3v) is 4.94. The van der Waals surface area contributed by atoms with E-state index < -0.39 is 0 Å². The van der Waals surface area contributed by atoms with E-state index in [1.165, 1.54) is 12.5 Å². The topological polar surface area (TPSA) is 71.3 Å². The van der Waals surface area contributed by atoms with E-state index in [0.717, 1.165) is 21.8 Å². The number of anilines is 2. The molecular formula is C21H19N5OS. The van der Waals surface area contributed by atoms with Gasteiger partial charge in [-0.15, -0.1) is 0 Å². The van der Waals surface area contributed by atoms with Crippen molar-refractivity contribution in [3.8, 4) is 11.3 Å². The number of nitrogens with one attached hydrogen (secondary N) is 2. The molecule has 0 unspecified atom stereocenters. The summed E-state index contributed by atoms with van der Waals surface area (Å²) >= 11 is 1.57. The zero-order valence-electron chi connectivity index (χ0n) is 15.5. The molecule has 0 aliphatic rings. The standard InChI is InChI=1S/C21H19N5OS/c1-14-6-8-18(9-7-14)28-25-17-5-3-4-16(12-17)19-10-11-21-23-20(22-15(2)27)13-26(21)24-19/h3-13,25H,1-2H3,(H,22,27). The number of benzene rings is 2. The summed E-state index contributed by atoms with van der Waals surface area (Å²) in [5.74, 6) is 0.329. The second-order valence-corrected chi connectivity index (χ2v) is 7.31. The van der Waals surface area contributed by atoms with Gasteiger partial charge < -0.3 is 10.0 Å². The van der Waals surface area contributed by atoms with Crippen LogP contribution in [-0.4, -0.2) is 20.5 Å². The maximum Gasteiger partial charge on any atom is 0.222 e. The number of rotatable bonds is 5. The van der Waals surface area contributed by atoms with E-state index in [1.54, 1.807) is 22.7 Å². The summed E-state index contributed by atoms with van der Waals surface area (Å²) in [5, 5.41) is 7.29. The van der Waals surface area contributed by atoms with E-state index in [2.05, 4.69) is 57.4 Å². The van der Waals surface area contributed by atoms with Crippen LogP contribution in [0.4, 0.5) is 11.5 Å². The summed E-state index contributed by atoms with van der Waals surface area (Å²) in [6.45, 7) is 3.53. The molecule has 140 valence electrons. The van der Waals surface area contributed by atoms with Gasteiger partial charge in [-0.1, -0.05) is 29.8 Å². The van der Waals surface area contributed by atoms with Crippen molar-refractivity contribution in [1.82, 2.24) is 14.6 Å². The first-order valence-corrected chi connectivity index (χ1v) is 9.62. The molecule has 2 heterocycles. The first-order chi connectivity index (χ1) is 13.6. The van der Waals surface area contributed by atoms with Crippen LogP contribution in [-0.2, 0) is 4.79 Å². The summed E-state index contributed by atoms with van der Waals surface area (Å²) in [4.78, 5) is 16.7. The quantitative estimate of drug-likeness (QED) is 0.481. The van der Waals surface area contributed by atoms with E-state index in [4.69, 9.17) is 0 Å². The fraction of sp³-hybridized carbons (Fsp3) is 0.0952. The molecule has 0 fully saturated rings. The average molecular weight is 389 g/mol. The van der Waals surface area contributed by atoms with E-state index in [-0.39, 0.29) is 5.91 Å². The number of hydrogen-bond acceptors (Lipinski definition) is 5. The molecule has 28 heavy (non-hydrogen) atoms. The van der Waals surface area contributed by atoms with Crippen molar-refractivity contribution < 1.29 is 4.79 Å². The lowest BCUT2D eigenvalue weighted by molar-refractivity contribution is -0.114. The molecule has 2 aromatic carbocycles. The Morgan fingerprint density at radius 3 is 2.68 bits per heavy atom. The lowest BCUT2D eigenvalue weighted by atomic mass is 10.1. The number of imidazole rings is 1. The van der Waals surface area contributed by atoms with Gasteiger partial charge in [0.1, 0.15) is 0 Å². The second kappa shape index (κ2) is 7.74. The molecule has 0 atom stereocenters. The normalized spacial score (nSPS) is 10.8. The van der Waals surface area contributed by atoms with Crippen LogP contribution in [0.5, 0.6) is 0 Å². The Bertz CT molecular complexity index is 1140. The van der Waals surface area contributed by atoms with Crippen molar-refractivity contribution in [2.75, 3.05) is 10.0 Å². The Labute approximate surface area is 167 Å². The van der Waals surface area contributed by atoms with Crippen LogP contribution in [0.1, 0.15) is 12.5 Å². The van der Waals surface area contributed by atoms with Crippen LogP contribution in [0.15, 0.2) is 71.8 Å². The van der Waals surface area contributed by atoms with Crippen LogP contribution in [0.3, 0.4) is 0 Å². The van der Waals surface area contributed by atoms with Crippen molar-refractivity contribution in [1.29, 1.82) is 0 Å². The Morgan fingerprint density at radius 1 is 1.07 bits per heavy atom. The molecule has 0 saturated carbocycles. The number of carbonyl (C=O) groups is 1. The van der Waals surface area contributed by atoms with Gasteiger partial charge in [-0.25, -0.2) is 9.50 Å². The van der Waals surface area contributed by atoms with Gasteiger partial charge in [0.2, 0.25) is 5.91 Å². The SMILES string of the molecule is CC(=O)Nc1cn2nc(-c3cccc(NSc4ccc(C)cc4)c3)ccc2n1. The Hall–Kier alpha value is -3.32. The first kappa shape index (κ1) is 18.1. The van der Waals surface area contributed by atoms with Crippen molar-refractivity contribution in [3.63, 3.8) is 0 Å². The van der Waals surface area contributed by atoms with E-state index in [0.29, 0.717) is 11.5 Å².